The third kappa shape index (κ3) is 2.42. The molecule has 1 aliphatic rings. The minimum atomic E-state index is 0.0793. The maximum absolute atomic E-state index is 5.77. The van der Waals surface area contributed by atoms with Crippen molar-refractivity contribution in [2.45, 2.75) is 12.5 Å². The molecule has 15 heavy (non-hydrogen) atoms. The molecular weight excluding hydrogens is 239 g/mol. The number of anilines is 2. The molecule has 0 aromatic carbocycles. The monoisotopic (exact) mass is 248 g/mol. The van der Waals surface area contributed by atoms with Gasteiger partial charge >= 0.3 is 0 Å². The fraction of sp³-hybridized carbons (Fsp3) is 0.500. The van der Waals surface area contributed by atoms with Gasteiger partial charge in [0.25, 0.3) is 0 Å². The summed E-state index contributed by atoms with van der Waals surface area (Å²) in [5.41, 5.74) is 6.02. The molecule has 3 N–H and O–H groups in total. The van der Waals surface area contributed by atoms with E-state index in [2.05, 4.69) is 15.3 Å². The first-order valence-electron chi connectivity index (χ1n) is 4.49. The summed E-state index contributed by atoms with van der Waals surface area (Å²) in [4.78, 5) is 7.71. The zero-order chi connectivity index (χ0) is 10.8. The Hall–Kier alpha value is -0.780. The Bertz CT molecular complexity index is 368. The van der Waals surface area contributed by atoms with Gasteiger partial charge in [-0.3, -0.25) is 0 Å². The molecule has 2 rings (SSSR count). The number of aromatic nitrogens is 2. The van der Waals surface area contributed by atoms with Gasteiger partial charge in [-0.05, 0) is 18.0 Å². The maximum atomic E-state index is 5.77. The van der Waals surface area contributed by atoms with E-state index < -0.39 is 0 Å². The lowest BCUT2D eigenvalue weighted by Crippen LogP contribution is -2.21. The zero-order valence-corrected chi connectivity index (χ0v) is 9.35. The van der Waals surface area contributed by atoms with Crippen molar-refractivity contribution >= 4 is 34.7 Å². The Kier molecular flexibility index (Phi) is 3.14. The molecular formula is C8H10Cl2N4O. The summed E-state index contributed by atoms with van der Waals surface area (Å²) in [7, 11) is 0. The lowest BCUT2D eigenvalue weighted by molar-refractivity contribution is 0.195. The van der Waals surface area contributed by atoms with Crippen LogP contribution in [0.4, 0.5) is 11.5 Å². The number of hydrogen-bond acceptors (Lipinski definition) is 5. The van der Waals surface area contributed by atoms with E-state index in [9.17, 15) is 0 Å². The van der Waals surface area contributed by atoms with Crippen LogP contribution in [0, 0.1) is 0 Å². The second kappa shape index (κ2) is 4.38. The van der Waals surface area contributed by atoms with Crippen molar-refractivity contribution in [3.05, 3.63) is 10.4 Å². The first-order valence-corrected chi connectivity index (χ1v) is 5.25. The summed E-state index contributed by atoms with van der Waals surface area (Å²) in [6, 6.07) is 0.203. The molecule has 0 aliphatic carbocycles. The van der Waals surface area contributed by atoms with Gasteiger partial charge in [0.15, 0.2) is 11.0 Å². The van der Waals surface area contributed by atoms with Crippen LogP contribution >= 0.6 is 23.2 Å². The van der Waals surface area contributed by atoms with E-state index in [-0.39, 0.29) is 16.5 Å². The third-order valence-electron chi connectivity index (χ3n) is 2.14. The number of nitrogens with zero attached hydrogens (tertiary/aromatic N) is 2. The van der Waals surface area contributed by atoms with E-state index in [1.165, 1.54) is 0 Å². The van der Waals surface area contributed by atoms with Crippen LogP contribution in [0.1, 0.15) is 6.42 Å². The van der Waals surface area contributed by atoms with Crippen molar-refractivity contribution in [3.8, 4) is 0 Å². The molecule has 0 amide bonds. The molecule has 0 saturated carbocycles. The van der Waals surface area contributed by atoms with Gasteiger partial charge in [-0.15, -0.1) is 0 Å². The van der Waals surface area contributed by atoms with E-state index in [1.54, 1.807) is 0 Å². The van der Waals surface area contributed by atoms with E-state index in [0.717, 1.165) is 13.0 Å². The molecule has 0 unspecified atom stereocenters. The van der Waals surface area contributed by atoms with Gasteiger partial charge in [-0.1, -0.05) is 11.6 Å². The van der Waals surface area contributed by atoms with Crippen LogP contribution in [-0.4, -0.2) is 29.2 Å². The van der Waals surface area contributed by atoms with Gasteiger partial charge < -0.3 is 15.8 Å². The number of nitrogens with one attached hydrogen (secondary N) is 1. The van der Waals surface area contributed by atoms with Crippen molar-refractivity contribution in [3.63, 3.8) is 0 Å². The predicted molar refractivity (Wildman–Crippen MR) is 59.3 cm³/mol. The van der Waals surface area contributed by atoms with Crippen LogP contribution in [0.15, 0.2) is 0 Å². The number of nitrogen functional groups attached to an aromatic ring is 1. The van der Waals surface area contributed by atoms with Crippen molar-refractivity contribution in [2.24, 2.45) is 0 Å². The van der Waals surface area contributed by atoms with E-state index in [1.807, 2.05) is 0 Å². The highest BCUT2D eigenvalue weighted by Crippen LogP contribution is 2.26. The first kappa shape index (κ1) is 10.7. The summed E-state index contributed by atoms with van der Waals surface area (Å²) in [5.74, 6) is 0.468. The summed E-state index contributed by atoms with van der Waals surface area (Å²) in [5, 5.41) is 3.36. The van der Waals surface area contributed by atoms with E-state index in [4.69, 9.17) is 33.7 Å². The summed E-state index contributed by atoms with van der Waals surface area (Å²) < 4.78 is 5.22. The van der Waals surface area contributed by atoms with Crippen LogP contribution in [0.3, 0.4) is 0 Å². The van der Waals surface area contributed by atoms with Crippen LogP contribution in [0.25, 0.3) is 0 Å². The third-order valence-corrected chi connectivity index (χ3v) is 2.60. The number of nitrogens with two attached hydrogens (primary N) is 1. The van der Waals surface area contributed by atoms with Crippen molar-refractivity contribution < 1.29 is 4.74 Å². The van der Waals surface area contributed by atoms with Crippen molar-refractivity contribution in [1.82, 2.24) is 9.97 Å². The molecule has 0 spiro atoms. The Morgan fingerprint density at radius 1 is 1.40 bits per heavy atom. The Labute approximate surface area is 96.9 Å². The normalized spacial score (nSPS) is 20.5. The minimum absolute atomic E-state index is 0.0793. The molecule has 1 aliphatic heterocycles. The van der Waals surface area contributed by atoms with Crippen LogP contribution in [0.2, 0.25) is 10.4 Å². The average Bonchev–Trinajstić information content (AvgIpc) is 2.66. The highest BCUT2D eigenvalue weighted by atomic mass is 35.5. The Morgan fingerprint density at radius 2 is 2.20 bits per heavy atom. The summed E-state index contributed by atoms with van der Waals surface area (Å²) in [6.45, 7) is 1.38. The van der Waals surface area contributed by atoms with Gasteiger partial charge in [0.1, 0.15) is 5.69 Å². The van der Waals surface area contributed by atoms with Gasteiger partial charge in [-0.2, -0.15) is 4.98 Å². The molecule has 1 atom stereocenters. The van der Waals surface area contributed by atoms with Crippen LogP contribution in [-0.2, 0) is 4.74 Å². The Balaban J connectivity index is 2.19. The van der Waals surface area contributed by atoms with Gasteiger partial charge in [0, 0.05) is 6.61 Å². The molecule has 2 heterocycles. The topological polar surface area (TPSA) is 73.1 Å². The molecule has 0 radical (unpaired) electrons. The fourth-order valence-corrected chi connectivity index (χ4v) is 1.75. The smallest absolute Gasteiger partial charge is 0.225 e. The summed E-state index contributed by atoms with van der Waals surface area (Å²) >= 11 is 11.4. The molecule has 0 bridgehead atoms. The van der Waals surface area contributed by atoms with E-state index in [0.29, 0.717) is 18.1 Å². The van der Waals surface area contributed by atoms with Gasteiger partial charge in [0.05, 0.1) is 12.6 Å². The molecule has 1 aromatic heterocycles. The maximum Gasteiger partial charge on any atom is 0.225 e. The fourth-order valence-electron chi connectivity index (χ4n) is 1.37. The molecule has 82 valence electrons. The second-order valence-electron chi connectivity index (χ2n) is 3.25. The lowest BCUT2D eigenvalue weighted by atomic mass is 10.2. The number of halogens is 2. The SMILES string of the molecule is Nc1c(Cl)nc(Cl)nc1N[C@@H]1CCOC1. The molecule has 1 aromatic rings. The quantitative estimate of drug-likeness (QED) is 0.614. The van der Waals surface area contributed by atoms with Gasteiger partial charge in [0.2, 0.25) is 5.28 Å². The molecule has 1 saturated heterocycles. The largest absolute Gasteiger partial charge is 0.393 e. The van der Waals surface area contributed by atoms with Crippen LogP contribution in [0.5, 0.6) is 0 Å². The van der Waals surface area contributed by atoms with Gasteiger partial charge in [-0.25, -0.2) is 4.98 Å². The molecule has 5 nitrogen and oxygen atoms in total. The Morgan fingerprint density at radius 3 is 2.87 bits per heavy atom. The van der Waals surface area contributed by atoms with Crippen molar-refractivity contribution in [2.75, 3.05) is 24.3 Å². The van der Waals surface area contributed by atoms with Crippen LogP contribution < -0.4 is 11.1 Å². The number of rotatable bonds is 2. The number of hydrogen-bond donors (Lipinski definition) is 2. The summed E-state index contributed by atoms with van der Waals surface area (Å²) in [6.07, 6.45) is 0.915. The highest BCUT2D eigenvalue weighted by molar-refractivity contribution is 6.34. The first-order chi connectivity index (χ1) is 7.16. The lowest BCUT2D eigenvalue weighted by Gasteiger charge is -2.13. The molecule has 1 fully saturated rings. The van der Waals surface area contributed by atoms with E-state index >= 15 is 0 Å². The average molecular weight is 249 g/mol. The van der Waals surface area contributed by atoms with Crippen molar-refractivity contribution in [1.29, 1.82) is 0 Å². The highest BCUT2D eigenvalue weighted by Gasteiger charge is 2.18. The number of ether oxygens (including phenoxy) is 1. The second-order valence-corrected chi connectivity index (χ2v) is 3.95. The molecule has 7 heteroatoms. The minimum Gasteiger partial charge on any atom is -0.393 e. The standard InChI is InChI=1S/C8H10Cl2N4O/c9-6-5(11)7(14-8(10)13-6)12-4-1-2-15-3-4/h4H,1-3,11H2,(H,12,13,14)/t4-/m1/s1. The zero-order valence-electron chi connectivity index (χ0n) is 7.83. The predicted octanol–water partition coefficient (Wildman–Crippen LogP) is 1.57.